The fourth-order valence-corrected chi connectivity index (χ4v) is 2.35. The molecule has 0 N–H and O–H groups in total. The third kappa shape index (κ3) is 3.58. The van der Waals surface area contributed by atoms with Crippen molar-refractivity contribution in [1.29, 1.82) is 0 Å². The maximum atomic E-state index is 12.5. The van der Waals surface area contributed by atoms with E-state index in [1.54, 1.807) is 0 Å². The number of halogens is 3. The smallest absolute Gasteiger partial charge is 0.416 e. The van der Waals surface area contributed by atoms with Gasteiger partial charge < -0.3 is 4.74 Å². The first-order valence-corrected chi connectivity index (χ1v) is 6.98. The van der Waals surface area contributed by atoms with Crippen molar-refractivity contribution in [1.82, 2.24) is 4.90 Å². The molecule has 1 aromatic rings. The maximum Gasteiger partial charge on any atom is 0.416 e. The Hall–Kier alpha value is -2.05. The van der Waals surface area contributed by atoms with Crippen LogP contribution in [0.4, 0.5) is 18.0 Å². The van der Waals surface area contributed by atoms with Crippen molar-refractivity contribution in [2.24, 2.45) is 0 Å². The molecule has 2 rings (SSSR count). The van der Waals surface area contributed by atoms with Gasteiger partial charge in [0.2, 0.25) is 5.91 Å². The number of ether oxygens (including phenoxy) is 1. The van der Waals surface area contributed by atoms with Gasteiger partial charge in [-0.05, 0) is 30.5 Å². The Labute approximate surface area is 125 Å². The molecule has 1 aliphatic rings. The summed E-state index contributed by atoms with van der Waals surface area (Å²) in [4.78, 5) is 24.6. The van der Waals surface area contributed by atoms with E-state index in [9.17, 15) is 22.8 Å². The predicted molar refractivity (Wildman–Crippen MR) is 72.0 cm³/mol. The Morgan fingerprint density at radius 1 is 1.32 bits per heavy atom. The van der Waals surface area contributed by atoms with Gasteiger partial charge in [0.25, 0.3) is 0 Å². The van der Waals surface area contributed by atoms with Gasteiger partial charge in [0.05, 0.1) is 11.6 Å². The fourth-order valence-electron chi connectivity index (χ4n) is 2.35. The standard InChI is InChI=1S/C15H16F3NO3/c1-2-3-13(20)19-12(9-22-14(19)21)8-10-4-6-11(7-5-10)15(16,17)18/h4-7,12H,2-3,8-9H2,1H3. The van der Waals surface area contributed by atoms with Gasteiger partial charge in [-0.2, -0.15) is 13.2 Å². The summed E-state index contributed by atoms with van der Waals surface area (Å²) < 4.78 is 42.4. The van der Waals surface area contributed by atoms with Crippen LogP contribution >= 0.6 is 0 Å². The van der Waals surface area contributed by atoms with Crippen molar-refractivity contribution in [3.63, 3.8) is 0 Å². The van der Waals surface area contributed by atoms with E-state index in [0.717, 1.165) is 17.0 Å². The number of carbonyl (C=O) groups excluding carboxylic acids is 2. The largest absolute Gasteiger partial charge is 0.447 e. The summed E-state index contributed by atoms with van der Waals surface area (Å²) in [5.74, 6) is -0.318. The van der Waals surface area contributed by atoms with Crippen molar-refractivity contribution < 1.29 is 27.5 Å². The molecule has 120 valence electrons. The quantitative estimate of drug-likeness (QED) is 0.855. The van der Waals surface area contributed by atoms with Crippen molar-refractivity contribution in [3.8, 4) is 0 Å². The van der Waals surface area contributed by atoms with Crippen LogP contribution in [-0.2, 0) is 22.1 Å². The van der Waals surface area contributed by atoms with Crippen molar-refractivity contribution >= 4 is 12.0 Å². The maximum absolute atomic E-state index is 12.5. The van der Waals surface area contributed by atoms with Crippen LogP contribution in [0, 0.1) is 0 Å². The molecule has 1 aliphatic heterocycles. The Morgan fingerprint density at radius 2 is 1.95 bits per heavy atom. The van der Waals surface area contributed by atoms with Gasteiger partial charge >= 0.3 is 12.3 Å². The summed E-state index contributed by atoms with van der Waals surface area (Å²) in [6.07, 6.45) is -3.95. The molecule has 1 heterocycles. The molecule has 0 saturated carbocycles. The molecule has 1 atom stereocenters. The van der Waals surface area contributed by atoms with Gasteiger partial charge in [-0.15, -0.1) is 0 Å². The number of nitrogens with zero attached hydrogens (tertiary/aromatic N) is 1. The molecular weight excluding hydrogens is 299 g/mol. The van der Waals surface area contributed by atoms with E-state index in [-0.39, 0.29) is 25.4 Å². The monoisotopic (exact) mass is 315 g/mol. The summed E-state index contributed by atoms with van der Waals surface area (Å²) in [5, 5.41) is 0. The van der Waals surface area contributed by atoms with Crippen LogP contribution in [0.25, 0.3) is 0 Å². The Balaban J connectivity index is 2.09. The third-order valence-corrected chi connectivity index (χ3v) is 3.45. The zero-order chi connectivity index (χ0) is 16.3. The van der Waals surface area contributed by atoms with Gasteiger partial charge in [0, 0.05) is 6.42 Å². The van der Waals surface area contributed by atoms with Gasteiger partial charge in [-0.25, -0.2) is 9.69 Å². The molecule has 1 unspecified atom stereocenters. The average molecular weight is 315 g/mol. The molecule has 22 heavy (non-hydrogen) atoms. The highest BCUT2D eigenvalue weighted by atomic mass is 19.4. The summed E-state index contributed by atoms with van der Waals surface area (Å²) in [5.41, 5.74) is -0.112. The highest BCUT2D eigenvalue weighted by Crippen LogP contribution is 2.29. The van der Waals surface area contributed by atoms with E-state index in [1.807, 2.05) is 6.92 Å². The molecule has 7 heteroatoms. The second-order valence-electron chi connectivity index (χ2n) is 5.14. The van der Waals surface area contributed by atoms with E-state index in [1.165, 1.54) is 12.1 Å². The Bertz CT molecular complexity index is 554. The van der Waals surface area contributed by atoms with Crippen molar-refractivity contribution in [2.45, 2.75) is 38.4 Å². The molecule has 0 aliphatic carbocycles. The third-order valence-electron chi connectivity index (χ3n) is 3.45. The second-order valence-corrected chi connectivity index (χ2v) is 5.14. The zero-order valence-corrected chi connectivity index (χ0v) is 12.0. The number of alkyl halides is 3. The highest BCUT2D eigenvalue weighted by Gasteiger charge is 2.37. The molecular formula is C15H16F3NO3. The van der Waals surface area contributed by atoms with Crippen LogP contribution in [0.2, 0.25) is 0 Å². The summed E-state index contributed by atoms with van der Waals surface area (Å²) >= 11 is 0. The van der Waals surface area contributed by atoms with Gasteiger partial charge in [0.15, 0.2) is 0 Å². The number of hydrogen-bond donors (Lipinski definition) is 0. The van der Waals surface area contributed by atoms with E-state index in [0.29, 0.717) is 12.0 Å². The number of imide groups is 1. The van der Waals surface area contributed by atoms with Crippen LogP contribution in [0.5, 0.6) is 0 Å². The lowest BCUT2D eigenvalue weighted by molar-refractivity contribution is -0.137. The summed E-state index contributed by atoms with van der Waals surface area (Å²) in [6.45, 7) is 1.89. The lowest BCUT2D eigenvalue weighted by atomic mass is 10.0. The fraction of sp³-hybridized carbons (Fsp3) is 0.467. The lowest BCUT2D eigenvalue weighted by Crippen LogP contribution is -2.40. The van der Waals surface area contributed by atoms with Crippen molar-refractivity contribution in [2.75, 3.05) is 6.61 Å². The molecule has 0 spiro atoms. The Morgan fingerprint density at radius 3 is 2.50 bits per heavy atom. The molecule has 2 amide bonds. The first-order valence-electron chi connectivity index (χ1n) is 6.98. The lowest BCUT2D eigenvalue weighted by Gasteiger charge is -2.19. The average Bonchev–Trinajstić information content (AvgIpc) is 2.79. The number of amides is 2. The molecule has 0 aromatic heterocycles. The first-order chi connectivity index (χ1) is 10.3. The van der Waals surface area contributed by atoms with Crippen molar-refractivity contribution in [3.05, 3.63) is 35.4 Å². The second kappa shape index (κ2) is 6.37. The number of benzene rings is 1. The number of carbonyl (C=O) groups is 2. The summed E-state index contributed by atoms with van der Waals surface area (Å²) in [6, 6.07) is 4.22. The minimum absolute atomic E-state index is 0.0648. The van der Waals surface area contributed by atoms with E-state index in [2.05, 4.69) is 0 Å². The Kier molecular flexibility index (Phi) is 4.73. The van der Waals surface area contributed by atoms with Crippen LogP contribution in [-0.4, -0.2) is 29.5 Å². The molecule has 0 bridgehead atoms. The van der Waals surface area contributed by atoms with E-state index < -0.39 is 23.9 Å². The normalized spacial score (nSPS) is 18.5. The topological polar surface area (TPSA) is 46.6 Å². The van der Waals surface area contributed by atoms with Crippen LogP contribution in [0.3, 0.4) is 0 Å². The number of rotatable bonds is 4. The van der Waals surface area contributed by atoms with E-state index in [4.69, 9.17) is 4.74 Å². The van der Waals surface area contributed by atoms with Crippen LogP contribution < -0.4 is 0 Å². The number of hydrogen-bond acceptors (Lipinski definition) is 3. The molecule has 1 fully saturated rings. The van der Waals surface area contributed by atoms with Gasteiger partial charge in [0.1, 0.15) is 6.61 Å². The summed E-state index contributed by atoms with van der Waals surface area (Å²) in [7, 11) is 0. The highest BCUT2D eigenvalue weighted by molar-refractivity contribution is 5.93. The molecule has 1 saturated heterocycles. The zero-order valence-electron chi connectivity index (χ0n) is 12.0. The SMILES string of the molecule is CCCC(=O)N1C(=O)OCC1Cc1ccc(C(F)(F)F)cc1. The minimum Gasteiger partial charge on any atom is -0.447 e. The predicted octanol–water partition coefficient (Wildman–Crippen LogP) is 3.40. The minimum atomic E-state index is -4.38. The van der Waals surface area contributed by atoms with Gasteiger partial charge in [-0.1, -0.05) is 19.1 Å². The number of cyclic esters (lactones) is 1. The molecule has 4 nitrogen and oxygen atoms in total. The van der Waals surface area contributed by atoms with E-state index >= 15 is 0 Å². The van der Waals surface area contributed by atoms with Crippen LogP contribution in [0.1, 0.15) is 30.9 Å². The van der Waals surface area contributed by atoms with Gasteiger partial charge in [-0.3, -0.25) is 4.79 Å². The molecule has 1 aromatic carbocycles. The first kappa shape index (κ1) is 16.3. The van der Waals surface area contributed by atoms with Crippen LogP contribution in [0.15, 0.2) is 24.3 Å². The molecule has 0 radical (unpaired) electrons.